The Kier molecular flexibility index (Phi) is 4.18. The van der Waals surface area contributed by atoms with Gasteiger partial charge < -0.3 is 10.6 Å². The molecule has 0 aliphatic rings. The molecule has 2 aromatic heterocycles. The minimum Gasteiger partial charge on any atom is -0.354 e. The molecule has 3 N–H and O–H groups in total. The van der Waals surface area contributed by atoms with Crippen molar-refractivity contribution in [3.05, 3.63) is 34.0 Å². The second-order valence-corrected chi connectivity index (χ2v) is 5.83. The van der Waals surface area contributed by atoms with Crippen molar-refractivity contribution in [3.63, 3.8) is 0 Å². The van der Waals surface area contributed by atoms with E-state index in [1.807, 2.05) is 24.3 Å². The van der Waals surface area contributed by atoms with Gasteiger partial charge in [0.05, 0.1) is 11.6 Å². The summed E-state index contributed by atoms with van der Waals surface area (Å²) in [5, 5.41) is 14.3. The van der Waals surface area contributed by atoms with Gasteiger partial charge in [-0.3, -0.25) is 5.10 Å². The van der Waals surface area contributed by atoms with Crippen LogP contribution in [0.3, 0.4) is 0 Å². The van der Waals surface area contributed by atoms with E-state index in [4.69, 9.17) is 0 Å². The number of aromatic amines is 1. The van der Waals surface area contributed by atoms with Crippen molar-refractivity contribution in [1.29, 1.82) is 0 Å². The lowest BCUT2D eigenvalue weighted by molar-refractivity contribution is 0.955. The van der Waals surface area contributed by atoms with Crippen molar-refractivity contribution < 1.29 is 0 Å². The normalized spacial score (nSPS) is 10.8. The molecule has 1 aromatic carbocycles. The number of aromatic nitrogens is 4. The molecule has 0 spiro atoms. The first-order valence-corrected chi connectivity index (χ1v) is 7.81. The molecule has 0 saturated heterocycles. The number of H-pyrrole nitrogens is 1. The first kappa shape index (κ1) is 14.1. The van der Waals surface area contributed by atoms with Crippen molar-refractivity contribution in [3.8, 4) is 0 Å². The van der Waals surface area contributed by atoms with Gasteiger partial charge in [0.15, 0.2) is 5.65 Å². The van der Waals surface area contributed by atoms with E-state index >= 15 is 0 Å². The molecule has 0 fully saturated rings. The highest BCUT2D eigenvalue weighted by atomic mass is 127. The summed E-state index contributed by atoms with van der Waals surface area (Å²) in [6.07, 6.45) is 2.75. The summed E-state index contributed by atoms with van der Waals surface area (Å²) in [5.41, 5.74) is 1.70. The number of anilines is 3. The maximum atomic E-state index is 4.53. The van der Waals surface area contributed by atoms with Crippen LogP contribution < -0.4 is 10.6 Å². The van der Waals surface area contributed by atoms with Crippen LogP contribution in [0.2, 0.25) is 0 Å². The van der Waals surface area contributed by atoms with Crippen LogP contribution in [-0.2, 0) is 0 Å². The molecule has 108 valence electrons. The third-order valence-electron chi connectivity index (χ3n) is 2.95. The van der Waals surface area contributed by atoms with E-state index in [0.717, 1.165) is 35.5 Å². The zero-order valence-corrected chi connectivity index (χ0v) is 13.7. The van der Waals surface area contributed by atoms with Crippen molar-refractivity contribution in [2.24, 2.45) is 0 Å². The number of fused-ring (bicyclic) bond motifs is 1. The molecule has 0 radical (unpaired) electrons. The fourth-order valence-corrected chi connectivity index (χ4v) is 2.28. The number of hydrogen-bond acceptors (Lipinski definition) is 5. The zero-order chi connectivity index (χ0) is 14.7. The van der Waals surface area contributed by atoms with E-state index in [1.165, 1.54) is 3.57 Å². The standard InChI is InChI=1S/C14H15IN6/c1-2-7-16-14-19-12(11-8-17-21-13(11)20-14)18-10-5-3-9(15)4-6-10/h3-6,8H,2,7H2,1H3,(H3,16,17,18,19,20,21). The third-order valence-corrected chi connectivity index (χ3v) is 3.67. The summed E-state index contributed by atoms with van der Waals surface area (Å²) in [7, 11) is 0. The topological polar surface area (TPSA) is 78.5 Å². The van der Waals surface area contributed by atoms with Crippen LogP contribution in [0.5, 0.6) is 0 Å². The quantitative estimate of drug-likeness (QED) is 0.578. The molecule has 0 saturated carbocycles. The molecule has 21 heavy (non-hydrogen) atoms. The van der Waals surface area contributed by atoms with E-state index in [-0.39, 0.29) is 0 Å². The fourth-order valence-electron chi connectivity index (χ4n) is 1.92. The highest BCUT2D eigenvalue weighted by Gasteiger charge is 2.09. The second kappa shape index (κ2) is 6.25. The average molecular weight is 394 g/mol. The smallest absolute Gasteiger partial charge is 0.226 e. The zero-order valence-electron chi connectivity index (χ0n) is 11.5. The van der Waals surface area contributed by atoms with E-state index in [9.17, 15) is 0 Å². The number of nitrogens with zero attached hydrogens (tertiary/aromatic N) is 3. The van der Waals surface area contributed by atoms with Gasteiger partial charge in [-0.05, 0) is 53.3 Å². The Balaban J connectivity index is 1.95. The minimum atomic E-state index is 0.599. The van der Waals surface area contributed by atoms with Crippen LogP contribution in [0.4, 0.5) is 17.5 Å². The largest absolute Gasteiger partial charge is 0.354 e. The second-order valence-electron chi connectivity index (χ2n) is 4.59. The summed E-state index contributed by atoms with van der Waals surface area (Å²) in [4.78, 5) is 8.94. The molecule has 3 aromatic rings. The van der Waals surface area contributed by atoms with E-state index in [1.54, 1.807) is 6.20 Å². The van der Waals surface area contributed by atoms with E-state index in [0.29, 0.717) is 5.95 Å². The van der Waals surface area contributed by atoms with Gasteiger partial charge >= 0.3 is 0 Å². The monoisotopic (exact) mass is 394 g/mol. The predicted octanol–water partition coefficient (Wildman–Crippen LogP) is 3.52. The third kappa shape index (κ3) is 3.23. The van der Waals surface area contributed by atoms with Crippen molar-refractivity contribution in [2.75, 3.05) is 17.2 Å². The molecule has 0 aliphatic carbocycles. The van der Waals surface area contributed by atoms with Gasteiger partial charge in [-0.25, -0.2) is 0 Å². The van der Waals surface area contributed by atoms with Crippen molar-refractivity contribution in [2.45, 2.75) is 13.3 Å². The summed E-state index contributed by atoms with van der Waals surface area (Å²) in [6.45, 7) is 2.94. The van der Waals surface area contributed by atoms with Crippen LogP contribution in [0, 0.1) is 3.57 Å². The van der Waals surface area contributed by atoms with Crippen LogP contribution in [0.1, 0.15) is 13.3 Å². The van der Waals surface area contributed by atoms with Crippen molar-refractivity contribution in [1.82, 2.24) is 20.2 Å². The molecule has 7 heteroatoms. The molecule has 6 nitrogen and oxygen atoms in total. The number of halogens is 1. The van der Waals surface area contributed by atoms with Crippen LogP contribution in [0.15, 0.2) is 30.5 Å². The van der Waals surface area contributed by atoms with Gasteiger partial charge in [-0.1, -0.05) is 6.92 Å². The van der Waals surface area contributed by atoms with E-state index in [2.05, 4.69) is 60.3 Å². The first-order chi connectivity index (χ1) is 10.3. The molecule has 0 atom stereocenters. The molecule has 0 bridgehead atoms. The Hall–Kier alpha value is -1.90. The summed E-state index contributed by atoms with van der Waals surface area (Å²) >= 11 is 2.28. The lowest BCUT2D eigenvalue weighted by Crippen LogP contribution is -2.06. The van der Waals surface area contributed by atoms with Gasteiger partial charge in [-0.15, -0.1) is 0 Å². The number of benzene rings is 1. The Bertz CT molecular complexity index is 737. The van der Waals surface area contributed by atoms with E-state index < -0.39 is 0 Å². The van der Waals surface area contributed by atoms with Gasteiger partial charge in [0.25, 0.3) is 0 Å². The Labute approximate surface area is 135 Å². The molecule has 2 heterocycles. The molecular formula is C14H15IN6. The number of hydrogen-bond donors (Lipinski definition) is 3. The Morgan fingerprint density at radius 2 is 2.00 bits per heavy atom. The first-order valence-electron chi connectivity index (χ1n) is 6.74. The lowest BCUT2D eigenvalue weighted by Gasteiger charge is -2.09. The molecule has 0 unspecified atom stereocenters. The number of rotatable bonds is 5. The van der Waals surface area contributed by atoms with Crippen molar-refractivity contribution >= 4 is 51.1 Å². The average Bonchev–Trinajstić information content (AvgIpc) is 2.96. The Morgan fingerprint density at radius 1 is 1.19 bits per heavy atom. The fraction of sp³-hybridized carbons (Fsp3) is 0.214. The highest BCUT2D eigenvalue weighted by Crippen LogP contribution is 2.24. The van der Waals surface area contributed by atoms with Gasteiger partial charge in [0.1, 0.15) is 5.82 Å². The molecule has 3 rings (SSSR count). The summed E-state index contributed by atoms with van der Waals surface area (Å²) in [5.74, 6) is 1.34. The van der Waals surface area contributed by atoms with Gasteiger partial charge in [0, 0.05) is 15.8 Å². The van der Waals surface area contributed by atoms with Crippen LogP contribution in [0.25, 0.3) is 11.0 Å². The molecule has 0 amide bonds. The summed E-state index contributed by atoms with van der Waals surface area (Å²) in [6, 6.07) is 8.14. The SMILES string of the molecule is CCCNc1nc(Nc2ccc(I)cc2)c2cn[nH]c2n1. The Morgan fingerprint density at radius 3 is 2.76 bits per heavy atom. The maximum Gasteiger partial charge on any atom is 0.226 e. The van der Waals surface area contributed by atoms with Crippen LogP contribution in [-0.4, -0.2) is 26.7 Å². The summed E-state index contributed by atoms with van der Waals surface area (Å²) < 4.78 is 1.19. The predicted molar refractivity (Wildman–Crippen MR) is 92.9 cm³/mol. The van der Waals surface area contributed by atoms with Gasteiger partial charge in [-0.2, -0.15) is 15.1 Å². The van der Waals surface area contributed by atoms with Gasteiger partial charge in [0.2, 0.25) is 5.95 Å². The number of nitrogens with one attached hydrogen (secondary N) is 3. The lowest BCUT2D eigenvalue weighted by atomic mass is 10.3. The van der Waals surface area contributed by atoms with Crippen LogP contribution >= 0.6 is 22.6 Å². The highest BCUT2D eigenvalue weighted by molar-refractivity contribution is 14.1. The molecule has 0 aliphatic heterocycles. The maximum absolute atomic E-state index is 4.53. The molecular weight excluding hydrogens is 379 g/mol. The minimum absolute atomic E-state index is 0.599.